The van der Waals surface area contributed by atoms with Gasteiger partial charge < -0.3 is 10.4 Å². The van der Waals surface area contributed by atoms with E-state index in [1.807, 2.05) is 29.7 Å². The molecular weight excluding hydrogens is 258 g/mol. The molecule has 0 saturated heterocycles. The zero-order valence-corrected chi connectivity index (χ0v) is 12.3. The number of aryl methyl sites for hydroxylation is 1. The van der Waals surface area contributed by atoms with Gasteiger partial charge in [0.1, 0.15) is 0 Å². The van der Waals surface area contributed by atoms with Crippen molar-refractivity contribution < 1.29 is 5.11 Å². The lowest BCUT2D eigenvalue weighted by Crippen LogP contribution is -2.53. The van der Waals surface area contributed by atoms with Crippen LogP contribution in [0.15, 0.2) is 17.3 Å². The topological polar surface area (TPSA) is 50.1 Å². The van der Waals surface area contributed by atoms with Crippen LogP contribution < -0.4 is 5.32 Å². The highest BCUT2D eigenvalue weighted by atomic mass is 32.2. The van der Waals surface area contributed by atoms with Crippen LogP contribution in [0.3, 0.4) is 0 Å². The van der Waals surface area contributed by atoms with Gasteiger partial charge in [-0.3, -0.25) is 4.68 Å². The molecule has 0 radical (unpaired) electrons. The summed E-state index contributed by atoms with van der Waals surface area (Å²) in [5, 5.41) is 18.3. The van der Waals surface area contributed by atoms with Gasteiger partial charge in [0.25, 0.3) is 0 Å². The second kappa shape index (κ2) is 5.46. The van der Waals surface area contributed by atoms with Gasteiger partial charge in [0.15, 0.2) is 0 Å². The Morgan fingerprint density at radius 2 is 2.37 bits per heavy atom. The van der Waals surface area contributed by atoms with Gasteiger partial charge in [-0.1, -0.05) is 6.42 Å². The van der Waals surface area contributed by atoms with Crippen LogP contribution in [-0.4, -0.2) is 38.3 Å². The second-order valence-corrected chi connectivity index (χ2v) is 7.42. The first-order chi connectivity index (χ1) is 9.19. The van der Waals surface area contributed by atoms with E-state index in [1.54, 1.807) is 0 Å². The summed E-state index contributed by atoms with van der Waals surface area (Å²) in [7, 11) is 1.96. The Balaban J connectivity index is 1.62. The lowest BCUT2D eigenvalue weighted by atomic mass is 9.82. The fraction of sp³-hybridized carbons (Fsp3) is 0.786. The van der Waals surface area contributed by atoms with Crippen molar-refractivity contribution in [3.05, 3.63) is 12.4 Å². The molecule has 2 atom stereocenters. The molecule has 2 aliphatic rings. The van der Waals surface area contributed by atoms with Crippen LogP contribution in [0.1, 0.15) is 38.5 Å². The third-order valence-corrected chi connectivity index (χ3v) is 5.39. The molecule has 2 fully saturated rings. The number of nitrogens with one attached hydrogen (secondary N) is 1. The molecule has 0 aromatic carbocycles. The Kier molecular flexibility index (Phi) is 3.87. The van der Waals surface area contributed by atoms with Crippen LogP contribution in [0.5, 0.6) is 0 Å². The Morgan fingerprint density at radius 1 is 1.53 bits per heavy atom. The minimum absolute atomic E-state index is 0.0285. The molecule has 0 bridgehead atoms. The van der Waals surface area contributed by atoms with Crippen molar-refractivity contribution in [2.45, 2.75) is 60.3 Å². The van der Waals surface area contributed by atoms with Crippen LogP contribution in [0.25, 0.3) is 0 Å². The summed E-state index contributed by atoms with van der Waals surface area (Å²) in [6, 6.07) is 0.661. The molecule has 106 valence electrons. The molecule has 2 unspecified atom stereocenters. The van der Waals surface area contributed by atoms with E-state index in [0.717, 1.165) is 12.8 Å². The summed E-state index contributed by atoms with van der Waals surface area (Å²) in [6.07, 6.45) is 11.2. The minimum Gasteiger partial charge on any atom is -0.394 e. The van der Waals surface area contributed by atoms with Crippen LogP contribution in [0, 0.1) is 0 Å². The Hall–Kier alpha value is -0.520. The Bertz CT molecular complexity index is 432. The predicted molar refractivity (Wildman–Crippen MR) is 77.3 cm³/mol. The average Bonchev–Trinajstić information content (AvgIpc) is 3.11. The lowest BCUT2D eigenvalue weighted by molar-refractivity contribution is 0.122. The molecule has 0 amide bonds. The molecule has 2 aliphatic carbocycles. The molecule has 2 saturated carbocycles. The van der Waals surface area contributed by atoms with Gasteiger partial charge in [-0.25, -0.2) is 0 Å². The van der Waals surface area contributed by atoms with Gasteiger partial charge in [0.05, 0.1) is 12.8 Å². The van der Waals surface area contributed by atoms with E-state index in [-0.39, 0.29) is 12.1 Å². The first-order valence-corrected chi connectivity index (χ1v) is 8.11. The van der Waals surface area contributed by atoms with Gasteiger partial charge in [-0.05, 0) is 32.1 Å². The third-order valence-electron chi connectivity index (χ3n) is 4.17. The maximum absolute atomic E-state index is 9.82. The summed E-state index contributed by atoms with van der Waals surface area (Å²) in [6.45, 7) is 0.271. The van der Waals surface area contributed by atoms with E-state index < -0.39 is 0 Å². The zero-order chi connectivity index (χ0) is 13.3. The van der Waals surface area contributed by atoms with Crippen molar-refractivity contribution in [1.82, 2.24) is 15.1 Å². The molecule has 2 N–H and O–H groups in total. The van der Waals surface area contributed by atoms with Crippen molar-refractivity contribution in [1.29, 1.82) is 0 Å². The highest BCUT2D eigenvalue weighted by Gasteiger charge is 2.40. The van der Waals surface area contributed by atoms with Gasteiger partial charge in [-0.2, -0.15) is 5.10 Å². The van der Waals surface area contributed by atoms with Crippen LogP contribution in [-0.2, 0) is 7.05 Å². The van der Waals surface area contributed by atoms with E-state index in [9.17, 15) is 5.11 Å². The molecule has 1 aromatic heterocycles. The lowest BCUT2D eigenvalue weighted by Gasteiger charge is -2.40. The summed E-state index contributed by atoms with van der Waals surface area (Å²) in [4.78, 5) is 1.24. The summed E-state index contributed by atoms with van der Waals surface area (Å²) in [5.74, 6) is 0. The normalized spacial score (nSPS) is 31.6. The summed E-state index contributed by atoms with van der Waals surface area (Å²) < 4.78 is 1.85. The number of rotatable bonds is 5. The maximum atomic E-state index is 9.82. The molecule has 3 rings (SSSR count). The molecule has 19 heavy (non-hydrogen) atoms. The average molecular weight is 281 g/mol. The number of thioether (sulfide) groups is 1. The van der Waals surface area contributed by atoms with Crippen molar-refractivity contribution >= 4 is 11.8 Å². The SMILES string of the molecule is Cn1cc(SC2CCCC(CO)(NC3CC3)C2)cn1. The predicted octanol–water partition coefficient (Wildman–Crippen LogP) is 1.94. The number of aliphatic hydroxyl groups excluding tert-OH is 1. The van der Waals surface area contributed by atoms with E-state index in [0.29, 0.717) is 11.3 Å². The Labute approximate surface area is 119 Å². The second-order valence-electron chi connectivity index (χ2n) is 6.04. The number of nitrogens with zero attached hydrogens (tertiary/aromatic N) is 2. The van der Waals surface area contributed by atoms with Crippen LogP contribution in [0.4, 0.5) is 0 Å². The fourth-order valence-electron chi connectivity index (χ4n) is 3.04. The van der Waals surface area contributed by atoms with Gasteiger partial charge in [-0.15, -0.1) is 11.8 Å². The quantitative estimate of drug-likeness (QED) is 0.866. The highest BCUT2D eigenvalue weighted by molar-refractivity contribution is 8.00. The van der Waals surface area contributed by atoms with Crippen molar-refractivity contribution in [2.24, 2.45) is 7.05 Å². The van der Waals surface area contributed by atoms with Gasteiger partial charge >= 0.3 is 0 Å². The maximum Gasteiger partial charge on any atom is 0.0625 e. The monoisotopic (exact) mass is 281 g/mol. The first kappa shape index (κ1) is 13.5. The highest BCUT2D eigenvalue weighted by Crippen LogP contribution is 2.39. The molecule has 0 spiro atoms. The van der Waals surface area contributed by atoms with E-state index in [2.05, 4.69) is 16.6 Å². The van der Waals surface area contributed by atoms with Gasteiger partial charge in [0.2, 0.25) is 0 Å². The van der Waals surface area contributed by atoms with Crippen molar-refractivity contribution in [3.8, 4) is 0 Å². The summed E-state index contributed by atoms with van der Waals surface area (Å²) in [5.41, 5.74) is -0.0285. The summed E-state index contributed by atoms with van der Waals surface area (Å²) >= 11 is 1.92. The molecule has 1 aromatic rings. The van der Waals surface area contributed by atoms with Crippen molar-refractivity contribution in [2.75, 3.05) is 6.61 Å². The zero-order valence-electron chi connectivity index (χ0n) is 11.5. The first-order valence-electron chi connectivity index (χ1n) is 7.23. The largest absolute Gasteiger partial charge is 0.394 e. The van der Waals surface area contributed by atoms with Crippen LogP contribution >= 0.6 is 11.8 Å². The number of aromatic nitrogens is 2. The number of aliphatic hydroxyl groups is 1. The number of hydrogen-bond donors (Lipinski definition) is 2. The van der Waals surface area contributed by atoms with Crippen LogP contribution in [0.2, 0.25) is 0 Å². The molecule has 0 aliphatic heterocycles. The molecule has 1 heterocycles. The fourth-order valence-corrected chi connectivity index (χ4v) is 4.43. The van der Waals surface area contributed by atoms with Crippen molar-refractivity contribution in [3.63, 3.8) is 0 Å². The molecule has 4 nitrogen and oxygen atoms in total. The standard InChI is InChI=1S/C14H23N3OS/c1-17-9-13(8-15-17)19-12-3-2-6-14(7-12,10-18)16-11-4-5-11/h8-9,11-12,16,18H,2-7,10H2,1H3. The third kappa shape index (κ3) is 3.33. The molecule has 5 heteroatoms. The van der Waals surface area contributed by atoms with E-state index >= 15 is 0 Å². The minimum atomic E-state index is -0.0285. The number of hydrogen-bond acceptors (Lipinski definition) is 4. The van der Waals surface area contributed by atoms with E-state index in [1.165, 1.54) is 30.6 Å². The Morgan fingerprint density at radius 3 is 3.00 bits per heavy atom. The van der Waals surface area contributed by atoms with Gasteiger partial charge in [0, 0.05) is 35.0 Å². The smallest absolute Gasteiger partial charge is 0.0625 e. The van der Waals surface area contributed by atoms with E-state index in [4.69, 9.17) is 0 Å². The molecular formula is C14H23N3OS.